The monoisotopic (exact) mass is 398 g/mol. The van der Waals surface area contributed by atoms with Crippen molar-refractivity contribution in [3.63, 3.8) is 0 Å². The molecule has 3 rings (SSSR count). The molecule has 0 bridgehead atoms. The molecule has 2 aromatic rings. The van der Waals surface area contributed by atoms with E-state index in [4.69, 9.17) is 0 Å². The van der Waals surface area contributed by atoms with Crippen molar-refractivity contribution in [1.29, 1.82) is 0 Å². The summed E-state index contributed by atoms with van der Waals surface area (Å²) in [5.41, 5.74) is 1.20. The fraction of sp³-hybridized carbons (Fsp3) is 0.429. The first-order valence-electron chi connectivity index (χ1n) is 9.76. The van der Waals surface area contributed by atoms with Crippen molar-refractivity contribution >= 4 is 23.5 Å². The van der Waals surface area contributed by atoms with Gasteiger partial charge in [0.1, 0.15) is 5.82 Å². The maximum absolute atomic E-state index is 4.64. The van der Waals surface area contributed by atoms with Gasteiger partial charge in [0.2, 0.25) is 0 Å². The van der Waals surface area contributed by atoms with Crippen LogP contribution >= 0.6 is 11.8 Å². The van der Waals surface area contributed by atoms with Crippen LogP contribution in [0.5, 0.6) is 0 Å². The molecule has 1 aliphatic heterocycles. The van der Waals surface area contributed by atoms with E-state index in [1.807, 2.05) is 37.1 Å². The number of benzene rings is 1. The lowest BCUT2D eigenvalue weighted by Crippen LogP contribution is -2.45. The lowest BCUT2D eigenvalue weighted by molar-refractivity contribution is 0.312. The van der Waals surface area contributed by atoms with Crippen LogP contribution in [0.3, 0.4) is 0 Å². The normalized spacial score (nSPS) is 15.5. The number of pyridine rings is 1. The summed E-state index contributed by atoms with van der Waals surface area (Å²) in [6.07, 6.45) is 1.88. The number of nitrogens with zero attached hydrogens (tertiary/aromatic N) is 4. The van der Waals surface area contributed by atoms with Gasteiger partial charge in [0, 0.05) is 68.7 Å². The second-order valence-corrected chi connectivity index (χ2v) is 7.96. The standard InChI is InChI=1S/C21H30N6S/c1-22-21(24-11-16-28-19-8-4-3-5-9-19)25-17-18-7-6-10-23-20(18)27-14-12-26(2)13-15-27/h3-10H,11-17H2,1-2H3,(H2,22,24,25). The number of aliphatic imine (C=N–C) groups is 1. The number of guanidine groups is 1. The van der Waals surface area contributed by atoms with Crippen molar-refractivity contribution in [2.45, 2.75) is 11.4 Å². The lowest BCUT2D eigenvalue weighted by atomic mass is 10.2. The number of hydrogen-bond acceptors (Lipinski definition) is 5. The first kappa shape index (κ1) is 20.5. The first-order chi connectivity index (χ1) is 13.8. The highest BCUT2D eigenvalue weighted by molar-refractivity contribution is 7.99. The smallest absolute Gasteiger partial charge is 0.191 e. The predicted octanol–water partition coefficient (Wildman–Crippen LogP) is 2.29. The number of nitrogens with one attached hydrogen (secondary N) is 2. The summed E-state index contributed by atoms with van der Waals surface area (Å²) in [5, 5.41) is 6.82. The maximum atomic E-state index is 4.64. The summed E-state index contributed by atoms with van der Waals surface area (Å²) in [4.78, 5) is 15.0. The molecule has 2 N–H and O–H groups in total. The molecule has 1 aromatic carbocycles. The molecule has 0 radical (unpaired) electrons. The van der Waals surface area contributed by atoms with Gasteiger partial charge < -0.3 is 20.4 Å². The van der Waals surface area contributed by atoms with Crippen LogP contribution in [0.4, 0.5) is 5.82 Å². The number of thioether (sulfide) groups is 1. The van der Waals surface area contributed by atoms with E-state index in [1.54, 1.807) is 0 Å². The highest BCUT2D eigenvalue weighted by Crippen LogP contribution is 2.18. The minimum atomic E-state index is 0.709. The van der Waals surface area contributed by atoms with Gasteiger partial charge in [-0.15, -0.1) is 11.8 Å². The van der Waals surface area contributed by atoms with Crippen LogP contribution in [0, 0.1) is 0 Å². The van der Waals surface area contributed by atoms with Gasteiger partial charge in [-0.1, -0.05) is 24.3 Å². The van der Waals surface area contributed by atoms with Crippen LogP contribution in [0.1, 0.15) is 5.56 Å². The number of piperazine rings is 1. The fourth-order valence-electron chi connectivity index (χ4n) is 3.13. The number of rotatable bonds is 7. The van der Waals surface area contributed by atoms with Gasteiger partial charge in [-0.25, -0.2) is 4.98 Å². The van der Waals surface area contributed by atoms with Gasteiger partial charge in [0.25, 0.3) is 0 Å². The SMILES string of the molecule is CN=C(NCCSc1ccccc1)NCc1cccnc1N1CCN(C)CC1. The fourth-order valence-corrected chi connectivity index (χ4v) is 3.92. The zero-order valence-electron chi connectivity index (χ0n) is 16.8. The van der Waals surface area contributed by atoms with Gasteiger partial charge in [-0.3, -0.25) is 4.99 Å². The zero-order valence-corrected chi connectivity index (χ0v) is 17.6. The maximum Gasteiger partial charge on any atom is 0.191 e. The quantitative estimate of drug-likeness (QED) is 0.323. The predicted molar refractivity (Wildman–Crippen MR) is 119 cm³/mol. The van der Waals surface area contributed by atoms with E-state index >= 15 is 0 Å². The molecular formula is C21H30N6S. The average molecular weight is 399 g/mol. The van der Waals surface area contributed by atoms with E-state index in [-0.39, 0.29) is 0 Å². The van der Waals surface area contributed by atoms with Crippen molar-refractivity contribution in [2.24, 2.45) is 4.99 Å². The summed E-state index contributed by atoms with van der Waals surface area (Å²) in [7, 11) is 3.98. The molecular weight excluding hydrogens is 368 g/mol. The van der Waals surface area contributed by atoms with Gasteiger partial charge >= 0.3 is 0 Å². The summed E-state index contributed by atoms with van der Waals surface area (Å²) in [6, 6.07) is 14.6. The summed E-state index contributed by atoms with van der Waals surface area (Å²) >= 11 is 1.84. The Morgan fingerprint density at radius 2 is 1.86 bits per heavy atom. The molecule has 0 spiro atoms. The van der Waals surface area contributed by atoms with E-state index in [0.29, 0.717) is 6.54 Å². The Morgan fingerprint density at radius 3 is 2.61 bits per heavy atom. The molecule has 1 saturated heterocycles. The number of aromatic nitrogens is 1. The Morgan fingerprint density at radius 1 is 1.07 bits per heavy atom. The molecule has 1 aromatic heterocycles. The Kier molecular flexibility index (Phi) is 7.99. The third-order valence-electron chi connectivity index (χ3n) is 4.75. The van der Waals surface area contributed by atoms with Crippen molar-refractivity contribution in [3.05, 3.63) is 54.2 Å². The average Bonchev–Trinajstić information content (AvgIpc) is 2.75. The van der Waals surface area contributed by atoms with E-state index in [9.17, 15) is 0 Å². The lowest BCUT2D eigenvalue weighted by Gasteiger charge is -2.34. The molecule has 7 heteroatoms. The number of anilines is 1. The molecule has 0 aliphatic carbocycles. The zero-order chi connectivity index (χ0) is 19.6. The Balaban J connectivity index is 1.47. The molecule has 28 heavy (non-hydrogen) atoms. The molecule has 0 amide bonds. The van der Waals surface area contributed by atoms with Crippen LogP contribution in [-0.4, -0.2) is 68.4 Å². The van der Waals surface area contributed by atoms with Crippen molar-refractivity contribution in [1.82, 2.24) is 20.5 Å². The van der Waals surface area contributed by atoms with E-state index in [2.05, 4.69) is 67.8 Å². The Hall–Kier alpha value is -2.25. The van der Waals surface area contributed by atoms with Crippen LogP contribution in [0.2, 0.25) is 0 Å². The third-order valence-corrected chi connectivity index (χ3v) is 5.76. The second kappa shape index (κ2) is 10.9. The summed E-state index contributed by atoms with van der Waals surface area (Å²) < 4.78 is 0. The van der Waals surface area contributed by atoms with Gasteiger partial charge in [0.15, 0.2) is 5.96 Å². The first-order valence-corrected chi connectivity index (χ1v) is 10.7. The molecule has 0 saturated carbocycles. The Labute approximate surface area is 172 Å². The molecule has 1 fully saturated rings. The number of hydrogen-bond donors (Lipinski definition) is 2. The number of likely N-dealkylation sites (N-methyl/N-ethyl adjacent to an activating group) is 1. The van der Waals surface area contributed by atoms with E-state index < -0.39 is 0 Å². The highest BCUT2D eigenvalue weighted by atomic mass is 32.2. The molecule has 0 unspecified atom stereocenters. The minimum absolute atomic E-state index is 0.709. The Bertz CT molecular complexity index is 744. The summed E-state index contributed by atoms with van der Waals surface area (Å²) in [6.45, 7) is 5.75. The second-order valence-electron chi connectivity index (χ2n) is 6.79. The molecule has 2 heterocycles. The van der Waals surface area contributed by atoms with Gasteiger partial charge in [-0.05, 0) is 25.2 Å². The van der Waals surface area contributed by atoms with Gasteiger partial charge in [-0.2, -0.15) is 0 Å². The van der Waals surface area contributed by atoms with Crippen LogP contribution in [0.25, 0.3) is 0 Å². The molecule has 0 atom stereocenters. The summed E-state index contributed by atoms with van der Waals surface area (Å²) in [5.74, 6) is 2.89. The van der Waals surface area contributed by atoms with Crippen molar-refractivity contribution < 1.29 is 0 Å². The molecule has 6 nitrogen and oxygen atoms in total. The largest absolute Gasteiger partial charge is 0.356 e. The van der Waals surface area contributed by atoms with Crippen LogP contribution < -0.4 is 15.5 Å². The van der Waals surface area contributed by atoms with Crippen LogP contribution in [0.15, 0.2) is 58.5 Å². The van der Waals surface area contributed by atoms with Gasteiger partial charge in [0.05, 0.1) is 0 Å². The minimum Gasteiger partial charge on any atom is -0.356 e. The molecule has 150 valence electrons. The topological polar surface area (TPSA) is 55.8 Å². The van der Waals surface area contributed by atoms with E-state index in [1.165, 1.54) is 10.5 Å². The van der Waals surface area contributed by atoms with Crippen LogP contribution in [-0.2, 0) is 6.54 Å². The molecule has 1 aliphatic rings. The third kappa shape index (κ3) is 6.14. The van der Waals surface area contributed by atoms with E-state index in [0.717, 1.165) is 50.3 Å². The van der Waals surface area contributed by atoms with Crippen molar-refractivity contribution in [2.75, 3.05) is 57.5 Å². The highest BCUT2D eigenvalue weighted by Gasteiger charge is 2.17. The van der Waals surface area contributed by atoms with Crippen molar-refractivity contribution in [3.8, 4) is 0 Å².